The number of nitrogens with zero attached hydrogens (tertiary/aromatic N) is 2. The highest BCUT2D eigenvalue weighted by atomic mass is 19.1. The van der Waals surface area contributed by atoms with Crippen molar-refractivity contribution in [3.8, 4) is 0 Å². The van der Waals surface area contributed by atoms with Crippen molar-refractivity contribution < 1.29 is 19.1 Å². The number of aliphatic carboxylic acids is 1. The van der Waals surface area contributed by atoms with Crippen molar-refractivity contribution in [3.63, 3.8) is 0 Å². The van der Waals surface area contributed by atoms with Gasteiger partial charge < -0.3 is 10.4 Å². The number of aromatic nitrogens is 2. The third-order valence-electron chi connectivity index (χ3n) is 3.78. The Hall–Kier alpha value is -2.70. The molecule has 0 aliphatic heterocycles. The van der Waals surface area contributed by atoms with Gasteiger partial charge in [0.05, 0.1) is 5.92 Å². The van der Waals surface area contributed by atoms with Crippen LogP contribution in [0, 0.1) is 5.82 Å². The summed E-state index contributed by atoms with van der Waals surface area (Å²) in [7, 11) is 1.75. The lowest BCUT2D eigenvalue weighted by Gasteiger charge is -2.13. The van der Waals surface area contributed by atoms with E-state index in [4.69, 9.17) is 0 Å². The average Bonchev–Trinajstić information content (AvgIpc) is 2.91. The zero-order valence-electron chi connectivity index (χ0n) is 13.8. The van der Waals surface area contributed by atoms with Crippen molar-refractivity contribution in [3.05, 3.63) is 53.1 Å². The second-order valence-electron chi connectivity index (χ2n) is 5.89. The topological polar surface area (TPSA) is 84.2 Å². The first kappa shape index (κ1) is 17.7. The molecule has 1 amide bonds. The minimum atomic E-state index is -1.09. The second kappa shape index (κ2) is 7.25. The molecule has 0 spiro atoms. The smallest absolute Gasteiger partial charge is 0.312 e. The van der Waals surface area contributed by atoms with Crippen LogP contribution in [-0.2, 0) is 11.8 Å². The van der Waals surface area contributed by atoms with E-state index in [1.165, 1.54) is 24.3 Å². The molecule has 0 radical (unpaired) electrons. The number of amides is 1. The summed E-state index contributed by atoms with van der Waals surface area (Å²) < 4.78 is 14.6. The van der Waals surface area contributed by atoms with E-state index in [0.717, 1.165) is 5.69 Å². The molecule has 0 saturated carbocycles. The van der Waals surface area contributed by atoms with E-state index >= 15 is 0 Å². The molecule has 2 rings (SSSR count). The van der Waals surface area contributed by atoms with E-state index in [9.17, 15) is 19.1 Å². The predicted molar refractivity (Wildman–Crippen MR) is 86.4 cm³/mol. The summed E-state index contributed by atoms with van der Waals surface area (Å²) in [5, 5.41) is 16.1. The molecule has 1 aromatic heterocycles. The van der Waals surface area contributed by atoms with Crippen LogP contribution < -0.4 is 5.32 Å². The highest BCUT2D eigenvalue weighted by Gasteiger charge is 2.22. The highest BCUT2D eigenvalue weighted by molar-refractivity contribution is 5.92. The first-order valence-electron chi connectivity index (χ1n) is 7.60. The van der Waals surface area contributed by atoms with Crippen LogP contribution in [0.5, 0.6) is 0 Å². The fourth-order valence-corrected chi connectivity index (χ4v) is 2.46. The molecule has 0 aliphatic rings. The number of rotatable bonds is 6. The quantitative estimate of drug-likeness (QED) is 0.849. The molecule has 2 N–H and O–H groups in total. The summed E-state index contributed by atoms with van der Waals surface area (Å²) >= 11 is 0. The van der Waals surface area contributed by atoms with Crippen LogP contribution >= 0.6 is 0 Å². The van der Waals surface area contributed by atoms with Gasteiger partial charge in [-0.2, -0.15) is 5.10 Å². The standard InChI is InChI=1S/C17H20FN3O3/c1-10(2)15-8-14(20-21(15)3)16(22)19-9-13(17(23)24)11-4-6-12(18)7-5-11/h4-8,10,13H,9H2,1-3H3,(H,19,22)(H,23,24). The molecule has 6 nitrogen and oxygen atoms in total. The summed E-state index contributed by atoms with van der Waals surface area (Å²) in [5.41, 5.74) is 1.58. The van der Waals surface area contributed by atoms with Gasteiger partial charge in [0.2, 0.25) is 0 Å². The van der Waals surface area contributed by atoms with E-state index in [1.807, 2.05) is 13.8 Å². The number of carboxylic acids is 1. The largest absolute Gasteiger partial charge is 0.481 e. The second-order valence-corrected chi connectivity index (χ2v) is 5.89. The maximum atomic E-state index is 13.0. The highest BCUT2D eigenvalue weighted by Crippen LogP contribution is 2.17. The van der Waals surface area contributed by atoms with E-state index in [0.29, 0.717) is 5.56 Å². The van der Waals surface area contributed by atoms with E-state index < -0.39 is 23.6 Å². The Balaban J connectivity index is 2.09. The van der Waals surface area contributed by atoms with Gasteiger partial charge >= 0.3 is 5.97 Å². The predicted octanol–water partition coefficient (Wildman–Crippen LogP) is 2.28. The maximum absolute atomic E-state index is 13.0. The van der Waals surface area contributed by atoms with Gasteiger partial charge in [-0.05, 0) is 29.7 Å². The summed E-state index contributed by atoms with van der Waals surface area (Å²) in [4.78, 5) is 23.6. The Morgan fingerprint density at radius 2 is 1.92 bits per heavy atom. The molecule has 2 aromatic rings. The number of carbonyl (C=O) groups is 2. The molecule has 128 valence electrons. The van der Waals surface area contributed by atoms with Gasteiger partial charge in [-0.1, -0.05) is 26.0 Å². The SMILES string of the molecule is CC(C)c1cc(C(=O)NCC(C(=O)O)c2ccc(F)cc2)nn1C. The maximum Gasteiger partial charge on any atom is 0.312 e. The molecule has 1 atom stereocenters. The van der Waals surface area contributed by atoms with Crippen molar-refractivity contribution >= 4 is 11.9 Å². The molecule has 1 heterocycles. The molecule has 0 fully saturated rings. The normalized spacial score (nSPS) is 12.2. The van der Waals surface area contributed by atoms with Crippen LogP contribution in [-0.4, -0.2) is 33.3 Å². The summed E-state index contributed by atoms with van der Waals surface area (Å²) in [6, 6.07) is 6.88. The summed E-state index contributed by atoms with van der Waals surface area (Å²) in [5.74, 6) is -2.71. The third kappa shape index (κ3) is 3.98. The first-order chi connectivity index (χ1) is 11.3. The first-order valence-corrected chi connectivity index (χ1v) is 7.60. The lowest BCUT2D eigenvalue weighted by Crippen LogP contribution is -2.32. The van der Waals surface area contributed by atoms with Gasteiger partial charge in [0.15, 0.2) is 0 Å². The molecule has 24 heavy (non-hydrogen) atoms. The van der Waals surface area contributed by atoms with Crippen LogP contribution in [0.2, 0.25) is 0 Å². The van der Waals surface area contributed by atoms with E-state index in [2.05, 4.69) is 10.4 Å². The zero-order valence-corrected chi connectivity index (χ0v) is 13.8. The van der Waals surface area contributed by atoms with Crippen LogP contribution in [0.1, 0.15) is 47.4 Å². The Morgan fingerprint density at radius 3 is 2.42 bits per heavy atom. The fourth-order valence-electron chi connectivity index (χ4n) is 2.46. The number of nitrogens with one attached hydrogen (secondary N) is 1. The Bertz CT molecular complexity index is 738. The number of carbonyl (C=O) groups excluding carboxylic acids is 1. The third-order valence-corrected chi connectivity index (χ3v) is 3.78. The van der Waals surface area contributed by atoms with Crippen LogP contribution in [0.25, 0.3) is 0 Å². The molecular formula is C17H20FN3O3. The minimum Gasteiger partial charge on any atom is -0.481 e. The van der Waals surface area contributed by atoms with E-state index in [1.54, 1.807) is 17.8 Å². The van der Waals surface area contributed by atoms with Crippen molar-refractivity contribution in [2.45, 2.75) is 25.7 Å². The van der Waals surface area contributed by atoms with Crippen molar-refractivity contribution in [1.82, 2.24) is 15.1 Å². The minimum absolute atomic E-state index is 0.104. The van der Waals surface area contributed by atoms with Gasteiger partial charge in [0, 0.05) is 19.3 Å². The van der Waals surface area contributed by atoms with Gasteiger partial charge in [0.25, 0.3) is 5.91 Å². The lowest BCUT2D eigenvalue weighted by atomic mass is 9.99. The monoisotopic (exact) mass is 333 g/mol. The summed E-state index contributed by atoms with van der Waals surface area (Å²) in [6.07, 6.45) is 0. The lowest BCUT2D eigenvalue weighted by molar-refractivity contribution is -0.138. The van der Waals surface area contributed by atoms with Crippen LogP contribution in [0.4, 0.5) is 4.39 Å². The molecule has 1 aromatic carbocycles. The molecule has 0 saturated heterocycles. The molecule has 0 aliphatic carbocycles. The van der Waals surface area contributed by atoms with Gasteiger partial charge in [-0.15, -0.1) is 0 Å². The molecular weight excluding hydrogens is 313 g/mol. The summed E-state index contributed by atoms with van der Waals surface area (Å²) in [6.45, 7) is 3.88. The Kier molecular flexibility index (Phi) is 5.33. The van der Waals surface area contributed by atoms with Crippen LogP contribution in [0.3, 0.4) is 0 Å². The van der Waals surface area contributed by atoms with Crippen molar-refractivity contribution in [1.29, 1.82) is 0 Å². The zero-order chi connectivity index (χ0) is 17.9. The number of hydrogen-bond donors (Lipinski definition) is 2. The van der Waals surface area contributed by atoms with Gasteiger partial charge in [0.1, 0.15) is 11.5 Å². The van der Waals surface area contributed by atoms with Crippen molar-refractivity contribution in [2.75, 3.05) is 6.54 Å². The number of halogens is 1. The average molecular weight is 333 g/mol. The molecule has 7 heteroatoms. The number of hydrogen-bond acceptors (Lipinski definition) is 3. The fraction of sp³-hybridized carbons (Fsp3) is 0.353. The van der Waals surface area contributed by atoms with Gasteiger partial charge in [-0.3, -0.25) is 14.3 Å². The Labute approximate surface area is 139 Å². The molecule has 1 unspecified atom stereocenters. The number of aryl methyl sites for hydroxylation is 1. The Morgan fingerprint density at radius 1 is 1.29 bits per heavy atom. The van der Waals surface area contributed by atoms with E-state index in [-0.39, 0.29) is 18.2 Å². The van der Waals surface area contributed by atoms with Crippen molar-refractivity contribution in [2.24, 2.45) is 7.05 Å². The van der Waals surface area contributed by atoms with Gasteiger partial charge in [-0.25, -0.2) is 4.39 Å². The van der Waals surface area contributed by atoms with Crippen LogP contribution in [0.15, 0.2) is 30.3 Å². The number of benzene rings is 1. The number of carboxylic acid groups (broad SMARTS) is 1. The molecule has 0 bridgehead atoms.